The minimum absolute atomic E-state index is 0.295. The lowest BCUT2D eigenvalue weighted by atomic mass is 10.2. The number of benzene rings is 1. The van der Waals surface area contributed by atoms with Gasteiger partial charge >= 0.3 is 5.97 Å². The Hall–Kier alpha value is -2.03. The second-order valence-electron chi connectivity index (χ2n) is 3.73. The van der Waals surface area contributed by atoms with Gasteiger partial charge in [-0.15, -0.1) is 11.3 Å². The van der Waals surface area contributed by atoms with Crippen LogP contribution in [0.5, 0.6) is 0 Å². The average molecular weight is 293 g/mol. The average Bonchev–Trinajstić information content (AvgIpc) is 2.85. The number of carbonyl (C=O) groups is 1. The zero-order valence-electron chi connectivity index (χ0n) is 9.68. The second-order valence-corrected chi connectivity index (χ2v) is 5.33. The first-order valence-corrected chi connectivity index (χ1v) is 6.55. The van der Waals surface area contributed by atoms with Crippen LogP contribution < -0.4 is 5.32 Å². The van der Waals surface area contributed by atoms with Gasteiger partial charge < -0.3 is 10.4 Å². The summed E-state index contributed by atoms with van der Waals surface area (Å²) in [5, 5.41) is 21.4. The summed E-state index contributed by atoms with van der Waals surface area (Å²) in [7, 11) is 0. The van der Waals surface area contributed by atoms with Gasteiger partial charge in [0.25, 0.3) is 0 Å². The van der Waals surface area contributed by atoms with E-state index in [0.29, 0.717) is 27.7 Å². The summed E-state index contributed by atoms with van der Waals surface area (Å²) in [6.45, 7) is 0.451. The molecule has 0 fully saturated rings. The Morgan fingerprint density at radius 2 is 2.21 bits per heavy atom. The molecule has 0 saturated heterocycles. The van der Waals surface area contributed by atoms with Crippen LogP contribution in [0.3, 0.4) is 0 Å². The van der Waals surface area contributed by atoms with Gasteiger partial charge in [0.1, 0.15) is 10.9 Å². The predicted molar refractivity (Wildman–Crippen MR) is 74.8 cm³/mol. The Labute approximate surface area is 118 Å². The van der Waals surface area contributed by atoms with Crippen molar-refractivity contribution in [3.63, 3.8) is 0 Å². The van der Waals surface area contributed by atoms with Gasteiger partial charge in [-0.1, -0.05) is 11.6 Å². The van der Waals surface area contributed by atoms with E-state index < -0.39 is 5.97 Å². The Morgan fingerprint density at radius 3 is 2.84 bits per heavy atom. The predicted octanol–water partition coefficient (Wildman–Crippen LogP) is 3.58. The molecule has 0 atom stereocenters. The maximum atomic E-state index is 10.8. The molecule has 2 aromatic rings. The minimum atomic E-state index is -0.934. The topological polar surface area (TPSA) is 73.1 Å². The van der Waals surface area contributed by atoms with Crippen LogP contribution in [-0.4, -0.2) is 11.1 Å². The van der Waals surface area contributed by atoms with Crippen molar-refractivity contribution in [2.75, 3.05) is 5.32 Å². The van der Waals surface area contributed by atoms with E-state index in [1.807, 2.05) is 0 Å². The van der Waals surface area contributed by atoms with E-state index >= 15 is 0 Å². The summed E-state index contributed by atoms with van der Waals surface area (Å²) in [5.74, 6) is -0.934. The first-order chi connectivity index (χ1) is 9.10. The van der Waals surface area contributed by atoms with Gasteiger partial charge in [-0.05, 0) is 30.3 Å². The minimum Gasteiger partial charge on any atom is -0.477 e. The molecule has 2 N–H and O–H groups in total. The van der Waals surface area contributed by atoms with E-state index in [2.05, 4.69) is 11.4 Å². The fourth-order valence-corrected chi connectivity index (χ4v) is 2.49. The Kier molecular flexibility index (Phi) is 4.05. The van der Waals surface area contributed by atoms with Gasteiger partial charge in [-0.2, -0.15) is 5.26 Å². The molecule has 0 aliphatic heterocycles. The van der Waals surface area contributed by atoms with E-state index in [0.717, 1.165) is 4.88 Å². The van der Waals surface area contributed by atoms with Crippen LogP contribution in [0.1, 0.15) is 20.1 Å². The summed E-state index contributed by atoms with van der Waals surface area (Å²) in [4.78, 5) is 11.9. The largest absolute Gasteiger partial charge is 0.477 e. The first-order valence-electron chi connectivity index (χ1n) is 5.35. The molecule has 96 valence electrons. The van der Waals surface area contributed by atoms with Crippen molar-refractivity contribution in [1.29, 1.82) is 5.26 Å². The summed E-state index contributed by atoms with van der Waals surface area (Å²) < 4.78 is 0. The maximum absolute atomic E-state index is 10.8. The number of halogens is 1. The number of rotatable bonds is 4. The molecule has 1 heterocycles. The number of nitriles is 1. The Bertz CT molecular complexity index is 661. The van der Waals surface area contributed by atoms with E-state index in [1.165, 1.54) is 11.3 Å². The second kappa shape index (κ2) is 5.74. The SMILES string of the molecule is N#Cc1ccc(Cl)cc1NCc1ccc(C(=O)O)s1. The molecular formula is C13H9ClN2O2S. The van der Waals surface area contributed by atoms with Gasteiger partial charge in [-0.3, -0.25) is 0 Å². The van der Waals surface area contributed by atoms with Crippen molar-refractivity contribution >= 4 is 34.6 Å². The molecule has 0 unspecified atom stereocenters. The molecule has 0 spiro atoms. The van der Waals surface area contributed by atoms with Crippen LogP contribution in [0.25, 0.3) is 0 Å². The van der Waals surface area contributed by atoms with Crippen molar-refractivity contribution < 1.29 is 9.90 Å². The summed E-state index contributed by atoms with van der Waals surface area (Å²) in [6, 6.07) is 10.3. The van der Waals surface area contributed by atoms with Crippen LogP contribution in [-0.2, 0) is 6.54 Å². The molecule has 0 aliphatic rings. The zero-order valence-corrected chi connectivity index (χ0v) is 11.3. The number of hydrogen-bond acceptors (Lipinski definition) is 4. The highest BCUT2D eigenvalue weighted by molar-refractivity contribution is 7.13. The van der Waals surface area contributed by atoms with Gasteiger partial charge in [0, 0.05) is 16.4 Å². The van der Waals surface area contributed by atoms with Crippen LogP contribution in [0.15, 0.2) is 30.3 Å². The van der Waals surface area contributed by atoms with Crippen molar-refractivity contribution in [3.8, 4) is 6.07 Å². The molecular weight excluding hydrogens is 284 g/mol. The van der Waals surface area contributed by atoms with Crippen LogP contribution in [0, 0.1) is 11.3 Å². The Morgan fingerprint density at radius 1 is 1.42 bits per heavy atom. The molecule has 6 heteroatoms. The number of hydrogen-bond donors (Lipinski definition) is 2. The van der Waals surface area contributed by atoms with Crippen LogP contribution in [0.2, 0.25) is 5.02 Å². The number of nitrogens with one attached hydrogen (secondary N) is 1. The first kappa shape index (κ1) is 13.4. The third-order valence-corrected chi connectivity index (χ3v) is 3.74. The highest BCUT2D eigenvalue weighted by Gasteiger charge is 2.08. The van der Waals surface area contributed by atoms with E-state index in [4.69, 9.17) is 22.0 Å². The van der Waals surface area contributed by atoms with Crippen molar-refractivity contribution in [1.82, 2.24) is 0 Å². The molecule has 4 nitrogen and oxygen atoms in total. The van der Waals surface area contributed by atoms with E-state index in [-0.39, 0.29) is 0 Å². The molecule has 0 aliphatic carbocycles. The summed E-state index contributed by atoms with van der Waals surface area (Å²) in [6.07, 6.45) is 0. The lowest BCUT2D eigenvalue weighted by Crippen LogP contribution is -1.99. The maximum Gasteiger partial charge on any atom is 0.345 e. The lowest BCUT2D eigenvalue weighted by molar-refractivity contribution is 0.0702. The highest BCUT2D eigenvalue weighted by Crippen LogP contribution is 2.23. The molecule has 0 saturated carbocycles. The molecule has 19 heavy (non-hydrogen) atoms. The molecule has 0 bridgehead atoms. The molecule has 1 aromatic carbocycles. The van der Waals surface area contributed by atoms with Gasteiger partial charge in [0.2, 0.25) is 0 Å². The standard InChI is InChI=1S/C13H9ClN2O2S/c14-9-2-1-8(6-15)11(5-9)16-7-10-3-4-12(19-10)13(17)18/h1-5,16H,7H2,(H,17,18). The van der Waals surface area contributed by atoms with Crippen LogP contribution in [0.4, 0.5) is 5.69 Å². The van der Waals surface area contributed by atoms with Gasteiger partial charge in [0.05, 0.1) is 11.3 Å². The van der Waals surface area contributed by atoms with E-state index in [1.54, 1.807) is 30.3 Å². The number of aromatic carboxylic acids is 1. The quantitative estimate of drug-likeness (QED) is 0.903. The fraction of sp³-hybridized carbons (Fsp3) is 0.0769. The van der Waals surface area contributed by atoms with Crippen molar-refractivity contribution in [3.05, 3.63) is 50.7 Å². The highest BCUT2D eigenvalue weighted by atomic mass is 35.5. The Balaban J connectivity index is 2.12. The zero-order chi connectivity index (χ0) is 13.8. The fourth-order valence-electron chi connectivity index (χ4n) is 1.53. The summed E-state index contributed by atoms with van der Waals surface area (Å²) in [5.41, 5.74) is 1.14. The third-order valence-electron chi connectivity index (χ3n) is 2.43. The number of carboxylic acids is 1. The number of thiophene rings is 1. The molecule has 0 amide bonds. The van der Waals surface area contributed by atoms with Gasteiger partial charge in [0.15, 0.2) is 0 Å². The molecule has 0 radical (unpaired) electrons. The molecule has 1 aromatic heterocycles. The smallest absolute Gasteiger partial charge is 0.345 e. The number of carboxylic acid groups (broad SMARTS) is 1. The van der Waals surface area contributed by atoms with E-state index in [9.17, 15) is 4.79 Å². The van der Waals surface area contributed by atoms with Crippen LogP contribution >= 0.6 is 22.9 Å². The third kappa shape index (κ3) is 3.25. The normalized spacial score (nSPS) is 9.89. The number of anilines is 1. The summed E-state index contributed by atoms with van der Waals surface area (Å²) >= 11 is 7.08. The monoisotopic (exact) mass is 292 g/mol. The van der Waals surface area contributed by atoms with Crippen molar-refractivity contribution in [2.45, 2.75) is 6.54 Å². The lowest BCUT2D eigenvalue weighted by Gasteiger charge is -2.07. The van der Waals surface area contributed by atoms with Crippen molar-refractivity contribution in [2.24, 2.45) is 0 Å². The van der Waals surface area contributed by atoms with Gasteiger partial charge in [-0.25, -0.2) is 4.79 Å². The number of nitrogens with zero attached hydrogens (tertiary/aromatic N) is 1. The molecule has 2 rings (SSSR count).